The van der Waals surface area contributed by atoms with Gasteiger partial charge in [-0.15, -0.1) is 0 Å². The predicted molar refractivity (Wildman–Crippen MR) is 85.2 cm³/mol. The number of hydrogen-bond acceptors (Lipinski definition) is 1. The van der Waals surface area contributed by atoms with Crippen LogP contribution < -0.4 is 0 Å². The summed E-state index contributed by atoms with van der Waals surface area (Å²) < 4.78 is 13.5. The number of Topliss-reactive ketones (excluding diaryl/α,β-unsaturated/α-hetero) is 1. The third-order valence-corrected chi connectivity index (χ3v) is 6.94. The molecule has 118 valence electrons. The lowest BCUT2D eigenvalue weighted by Gasteiger charge is -2.48. The first kappa shape index (κ1) is 14.4. The van der Waals surface area contributed by atoms with Crippen LogP contribution in [0, 0.1) is 28.5 Å². The molecule has 3 aliphatic carbocycles. The number of rotatable bonds is 0. The fraction of sp³-hybridized carbons (Fsp3) is 0.650. The van der Waals surface area contributed by atoms with Crippen molar-refractivity contribution in [3.8, 4) is 0 Å². The number of hydrogen-bond donors (Lipinski definition) is 0. The topological polar surface area (TPSA) is 17.1 Å². The Hall–Kier alpha value is -1.18. The molecule has 22 heavy (non-hydrogen) atoms. The van der Waals surface area contributed by atoms with E-state index >= 15 is 0 Å². The summed E-state index contributed by atoms with van der Waals surface area (Å²) in [5.74, 6) is 2.00. The van der Waals surface area contributed by atoms with Gasteiger partial charge < -0.3 is 0 Å². The molecule has 0 amide bonds. The summed E-state index contributed by atoms with van der Waals surface area (Å²) >= 11 is 0. The Kier molecular flexibility index (Phi) is 2.90. The Labute approximate surface area is 132 Å². The molecule has 0 aliphatic heterocycles. The van der Waals surface area contributed by atoms with Crippen LogP contribution in [0.25, 0.3) is 0 Å². The Morgan fingerprint density at radius 3 is 2.73 bits per heavy atom. The molecule has 1 aromatic rings. The molecule has 0 aromatic heterocycles. The molecule has 0 spiro atoms. The van der Waals surface area contributed by atoms with Crippen LogP contribution in [-0.4, -0.2) is 5.78 Å². The average Bonchev–Trinajstić information content (AvgIpc) is 2.66. The maximum absolute atomic E-state index is 13.5. The van der Waals surface area contributed by atoms with E-state index in [2.05, 4.69) is 20.8 Å². The molecule has 0 unspecified atom stereocenters. The molecule has 1 nitrogen and oxygen atoms in total. The minimum Gasteiger partial charge on any atom is -0.298 e. The zero-order valence-corrected chi connectivity index (χ0v) is 13.8. The lowest BCUT2D eigenvalue weighted by Crippen LogP contribution is -2.43. The minimum absolute atomic E-state index is 0.116. The molecule has 0 saturated heterocycles. The summed E-state index contributed by atoms with van der Waals surface area (Å²) in [4.78, 5) is 12.9. The Morgan fingerprint density at radius 1 is 1.18 bits per heavy atom. The third-order valence-electron chi connectivity index (χ3n) is 6.94. The standard InChI is InChI=1S/C20H25FO/c1-19(2)11-17-16-6-4-12-10-13(21)5-7-14(12)15(16)8-9-20(17,3)18(19)22/h5,7,10,15-17H,4,6,8-9,11H2,1-3H3/t15-,16-,17+,20+/m1/s1. The monoisotopic (exact) mass is 300 g/mol. The van der Waals surface area contributed by atoms with E-state index in [1.54, 1.807) is 12.1 Å². The van der Waals surface area contributed by atoms with Crippen LogP contribution in [-0.2, 0) is 11.2 Å². The summed E-state index contributed by atoms with van der Waals surface area (Å²) in [6.45, 7) is 6.46. The van der Waals surface area contributed by atoms with Crippen molar-refractivity contribution in [2.24, 2.45) is 22.7 Å². The summed E-state index contributed by atoms with van der Waals surface area (Å²) in [5, 5.41) is 0. The van der Waals surface area contributed by atoms with Crippen LogP contribution in [0.4, 0.5) is 4.39 Å². The first-order chi connectivity index (χ1) is 10.3. The van der Waals surface area contributed by atoms with Crippen LogP contribution in [0.15, 0.2) is 18.2 Å². The van der Waals surface area contributed by atoms with Gasteiger partial charge in [-0.25, -0.2) is 4.39 Å². The Morgan fingerprint density at radius 2 is 1.95 bits per heavy atom. The maximum Gasteiger partial charge on any atom is 0.144 e. The van der Waals surface area contributed by atoms with Gasteiger partial charge in [0.25, 0.3) is 0 Å². The number of carbonyl (C=O) groups is 1. The van der Waals surface area contributed by atoms with Crippen molar-refractivity contribution in [3.05, 3.63) is 35.1 Å². The van der Waals surface area contributed by atoms with Crippen LogP contribution >= 0.6 is 0 Å². The van der Waals surface area contributed by atoms with Gasteiger partial charge in [-0.2, -0.15) is 0 Å². The molecule has 2 saturated carbocycles. The van der Waals surface area contributed by atoms with Gasteiger partial charge in [-0.05, 0) is 73.1 Å². The summed E-state index contributed by atoms with van der Waals surface area (Å²) in [6, 6.07) is 5.34. The second kappa shape index (κ2) is 4.43. The fourth-order valence-corrected chi connectivity index (χ4v) is 5.95. The molecule has 2 heteroatoms. The molecule has 0 bridgehead atoms. The maximum atomic E-state index is 13.5. The lowest BCUT2D eigenvalue weighted by atomic mass is 9.55. The predicted octanol–water partition coefficient (Wildman–Crippen LogP) is 4.89. The van der Waals surface area contributed by atoms with Crippen molar-refractivity contribution < 1.29 is 9.18 Å². The van der Waals surface area contributed by atoms with Gasteiger partial charge in [0.1, 0.15) is 11.6 Å². The van der Waals surface area contributed by atoms with Gasteiger partial charge in [-0.3, -0.25) is 4.79 Å². The molecule has 3 aliphatic rings. The Balaban J connectivity index is 1.74. The number of aryl methyl sites for hydroxylation is 1. The van der Waals surface area contributed by atoms with E-state index in [1.807, 2.05) is 6.07 Å². The van der Waals surface area contributed by atoms with E-state index in [9.17, 15) is 9.18 Å². The highest BCUT2D eigenvalue weighted by Gasteiger charge is 2.60. The zero-order valence-electron chi connectivity index (χ0n) is 13.8. The van der Waals surface area contributed by atoms with E-state index in [-0.39, 0.29) is 16.6 Å². The molecule has 2 fully saturated rings. The average molecular weight is 300 g/mol. The van der Waals surface area contributed by atoms with Crippen LogP contribution in [0.1, 0.15) is 63.5 Å². The highest BCUT2D eigenvalue weighted by Crippen LogP contribution is 2.63. The highest BCUT2D eigenvalue weighted by atomic mass is 19.1. The van der Waals surface area contributed by atoms with Crippen molar-refractivity contribution in [1.29, 1.82) is 0 Å². The minimum atomic E-state index is -0.169. The first-order valence-corrected chi connectivity index (χ1v) is 8.66. The van der Waals surface area contributed by atoms with Gasteiger partial charge >= 0.3 is 0 Å². The molecule has 4 rings (SSSR count). The van der Waals surface area contributed by atoms with Crippen molar-refractivity contribution in [1.82, 2.24) is 0 Å². The number of halogens is 1. The SMILES string of the molecule is CC1(C)C[C@H]2[C@@H]3CCc4cc(F)ccc4[C@H]3CC[C@]2(C)C1=O. The van der Waals surface area contributed by atoms with Gasteiger partial charge in [0.15, 0.2) is 0 Å². The van der Waals surface area contributed by atoms with Gasteiger partial charge in [0, 0.05) is 10.8 Å². The Bertz CT molecular complexity index is 647. The van der Waals surface area contributed by atoms with E-state index in [1.165, 1.54) is 11.1 Å². The number of ketones is 1. The van der Waals surface area contributed by atoms with Crippen LogP contribution in [0.3, 0.4) is 0 Å². The molecule has 0 radical (unpaired) electrons. The summed E-state index contributed by atoms with van der Waals surface area (Å²) in [5.41, 5.74) is 2.27. The summed E-state index contributed by atoms with van der Waals surface area (Å²) in [7, 11) is 0. The van der Waals surface area contributed by atoms with E-state index in [0.29, 0.717) is 23.5 Å². The van der Waals surface area contributed by atoms with Gasteiger partial charge in [0.2, 0.25) is 0 Å². The molecular weight excluding hydrogens is 275 g/mol. The fourth-order valence-electron chi connectivity index (χ4n) is 5.95. The number of fused-ring (bicyclic) bond motifs is 5. The van der Waals surface area contributed by atoms with Crippen molar-refractivity contribution in [2.45, 2.75) is 58.8 Å². The number of carbonyl (C=O) groups excluding carboxylic acids is 1. The normalized spacial score (nSPS) is 39.1. The third kappa shape index (κ3) is 1.79. The van der Waals surface area contributed by atoms with E-state index < -0.39 is 0 Å². The van der Waals surface area contributed by atoms with Gasteiger partial charge in [-0.1, -0.05) is 26.8 Å². The molecular formula is C20H25FO. The molecule has 0 N–H and O–H groups in total. The molecule has 4 atom stereocenters. The number of benzene rings is 1. The first-order valence-electron chi connectivity index (χ1n) is 8.66. The van der Waals surface area contributed by atoms with E-state index in [4.69, 9.17) is 0 Å². The second-order valence-corrected chi connectivity index (χ2v) is 8.63. The van der Waals surface area contributed by atoms with E-state index in [0.717, 1.165) is 32.1 Å². The molecule has 0 heterocycles. The zero-order chi connectivity index (χ0) is 15.7. The van der Waals surface area contributed by atoms with Crippen molar-refractivity contribution in [2.75, 3.05) is 0 Å². The van der Waals surface area contributed by atoms with Crippen LogP contribution in [0.5, 0.6) is 0 Å². The summed E-state index contributed by atoms with van der Waals surface area (Å²) in [6.07, 6.45) is 5.19. The lowest BCUT2D eigenvalue weighted by molar-refractivity contribution is -0.134. The molecule has 1 aromatic carbocycles. The highest BCUT2D eigenvalue weighted by molar-refractivity contribution is 5.92. The second-order valence-electron chi connectivity index (χ2n) is 8.63. The van der Waals surface area contributed by atoms with Crippen molar-refractivity contribution >= 4 is 5.78 Å². The quantitative estimate of drug-likeness (QED) is 0.667. The smallest absolute Gasteiger partial charge is 0.144 e. The van der Waals surface area contributed by atoms with Crippen molar-refractivity contribution in [3.63, 3.8) is 0 Å². The van der Waals surface area contributed by atoms with Gasteiger partial charge in [0.05, 0.1) is 0 Å². The largest absolute Gasteiger partial charge is 0.298 e. The van der Waals surface area contributed by atoms with Crippen LogP contribution in [0.2, 0.25) is 0 Å².